The van der Waals surface area contributed by atoms with E-state index in [0.29, 0.717) is 12.5 Å². The van der Waals surface area contributed by atoms with Gasteiger partial charge in [-0.3, -0.25) is 4.79 Å². The minimum atomic E-state index is 0.0628. The monoisotopic (exact) mass is 265 g/mol. The molecule has 1 aromatic carbocycles. The first-order valence-corrected chi connectivity index (χ1v) is 7.12. The number of alkyl halides is 1. The second kappa shape index (κ2) is 6.24. The van der Waals surface area contributed by atoms with Crippen molar-refractivity contribution in [2.45, 2.75) is 37.5 Å². The van der Waals surface area contributed by atoms with Gasteiger partial charge in [0.05, 0.1) is 5.38 Å². The van der Waals surface area contributed by atoms with E-state index in [2.05, 4.69) is 24.4 Å². The summed E-state index contributed by atoms with van der Waals surface area (Å²) in [7, 11) is 0. The fraction of sp³-hybridized carbons (Fsp3) is 0.533. The van der Waals surface area contributed by atoms with E-state index in [1.165, 1.54) is 5.56 Å². The molecule has 1 saturated carbocycles. The summed E-state index contributed by atoms with van der Waals surface area (Å²) in [6, 6.07) is 10.2. The number of halogens is 1. The van der Waals surface area contributed by atoms with Crippen LogP contribution in [0.3, 0.4) is 0 Å². The SMILES string of the molecule is CCCC(Cl)CNC(=O)C1CC1c1ccccc1. The van der Waals surface area contributed by atoms with Crippen LogP contribution >= 0.6 is 11.6 Å². The molecule has 3 unspecified atom stereocenters. The molecule has 98 valence electrons. The minimum absolute atomic E-state index is 0.0628. The van der Waals surface area contributed by atoms with Crippen LogP contribution < -0.4 is 5.32 Å². The van der Waals surface area contributed by atoms with Crippen molar-refractivity contribution in [3.63, 3.8) is 0 Å². The molecule has 1 aliphatic carbocycles. The first-order valence-electron chi connectivity index (χ1n) is 6.69. The smallest absolute Gasteiger partial charge is 0.223 e. The van der Waals surface area contributed by atoms with Crippen molar-refractivity contribution >= 4 is 17.5 Å². The minimum Gasteiger partial charge on any atom is -0.354 e. The predicted octanol–water partition coefficient (Wildman–Crippen LogP) is 3.31. The third-order valence-corrected chi connectivity index (χ3v) is 3.83. The summed E-state index contributed by atoms with van der Waals surface area (Å²) >= 11 is 6.09. The fourth-order valence-electron chi connectivity index (χ4n) is 2.31. The molecule has 1 fully saturated rings. The van der Waals surface area contributed by atoms with E-state index < -0.39 is 0 Å². The van der Waals surface area contributed by atoms with Crippen LogP contribution in [0.25, 0.3) is 0 Å². The molecule has 0 saturated heterocycles. The summed E-state index contributed by atoms with van der Waals surface area (Å²) in [5, 5.41) is 3.02. The van der Waals surface area contributed by atoms with Gasteiger partial charge in [-0.2, -0.15) is 0 Å². The van der Waals surface area contributed by atoms with Crippen LogP contribution in [0.1, 0.15) is 37.7 Å². The number of rotatable bonds is 6. The standard InChI is InChI=1S/C15H20ClNO/c1-2-6-12(16)10-17-15(18)14-9-13(14)11-7-4-3-5-8-11/h3-5,7-8,12-14H,2,6,9-10H2,1H3,(H,17,18). The van der Waals surface area contributed by atoms with Gasteiger partial charge < -0.3 is 5.32 Å². The van der Waals surface area contributed by atoms with E-state index in [1.807, 2.05) is 18.2 Å². The largest absolute Gasteiger partial charge is 0.354 e. The average Bonchev–Trinajstić information content (AvgIpc) is 3.18. The van der Waals surface area contributed by atoms with E-state index in [4.69, 9.17) is 11.6 Å². The number of hydrogen-bond acceptors (Lipinski definition) is 1. The molecule has 1 aliphatic rings. The van der Waals surface area contributed by atoms with Crippen molar-refractivity contribution in [2.75, 3.05) is 6.54 Å². The van der Waals surface area contributed by atoms with E-state index >= 15 is 0 Å². The highest BCUT2D eigenvalue weighted by Crippen LogP contribution is 2.47. The number of carbonyl (C=O) groups is 1. The quantitative estimate of drug-likeness (QED) is 0.786. The normalized spacial score (nSPS) is 23.4. The molecule has 0 aliphatic heterocycles. The number of benzene rings is 1. The first-order chi connectivity index (χ1) is 8.72. The van der Waals surface area contributed by atoms with Crippen LogP contribution in [-0.4, -0.2) is 17.8 Å². The Morgan fingerprint density at radius 1 is 1.44 bits per heavy atom. The van der Waals surface area contributed by atoms with Crippen molar-refractivity contribution in [1.29, 1.82) is 0 Å². The van der Waals surface area contributed by atoms with E-state index in [-0.39, 0.29) is 17.2 Å². The summed E-state index contributed by atoms with van der Waals surface area (Å²) in [4.78, 5) is 11.9. The van der Waals surface area contributed by atoms with Crippen molar-refractivity contribution < 1.29 is 4.79 Å². The Morgan fingerprint density at radius 2 is 2.17 bits per heavy atom. The molecule has 3 heteroatoms. The zero-order valence-electron chi connectivity index (χ0n) is 10.7. The molecule has 18 heavy (non-hydrogen) atoms. The molecule has 2 rings (SSSR count). The van der Waals surface area contributed by atoms with Crippen molar-refractivity contribution in [3.8, 4) is 0 Å². The number of nitrogens with one attached hydrogen (secondary N) is 1. The average molecular weight is 266 g/mol. The second-order valence-electron chi connectivity index (χ2n) is 4.99. The van der Waals surface area contributed by atoms with Gasteiger partial charge in [0, 0.05) is 12.5 Å². The highest BCUT2D eigenvalue weighted by molar-refractivity contribution is 6.20. The van der Waals surface area contributed by atoms with Gasteiger partial charge in [-0.25, -0.2) is 0 Å². The maximum atomic E-state index is 11.9. The molecule has 0 radical (unpaired) electrons. The molecule has 0 aromatic heterocycles. The van der Waals surface area contributed by atoms with Crippen molar-refractivity contribution in [3.05, 3.63) is 35.9 Å². The van der Waals surface area contributed by atoms with E-state index in [1.54, 1.807) is 0 Å². The molecule has 1 amide bonds. The molecule has 0 heterocycles. The summed E-state index contributed by atoms with van der Waals surface area (Å²) in [6.07, 6.45) is 2.98. The Kier molecular flexibility index (Phi) is 4.65. The van der Waals surface area contributed by atoms with Gasteiger partial charge in [-0.05, 0) is 24.3 Å². The maximum Gasteiger partial charge on any atom is 0.223 e. The van der Waals surface area contributed by atoms with Crippen LogP contribution in [0, 0.1) is 5.92 Å². The summed E-state index contributed by atoms with van der Waals surface area (Å²) < 4.78 is 0. The highest BCUT2D eigenvalue weighted by Gasteiger charge is 2.43. The van der Waals surface area contributed by atoms with Gasteiger partial charge in [-0.1, -0.05) is 43.7 Å². The number of amides is 1. The van der Waals surface area contributed by atoms with Gasteiger partial charge in [0.1, 0.15) is 0 Å². The molecule has 1 aromatic rings. The van der Waals surface area contributed by atoms with Crippen LogP contribution in [0.2, 0.25) is 0 Å². The molecule has 1 N–H and O–H groups in total. The third kappa shape index (κ3) is 3.49. The van der Waals surface area contributed by atoms with Crippen LogP contribution in [0.15, 0.2) is 30.3 Å². The molecule has 0 spiro atoms. The first kappa shape index (κ1) is 13.4. The van der Waals surface area contributed by atoms with Crippen molar-refractivity contribution in [2.24, 2.45) is 5.92 Å². The van der Waals surface area contributed by atoms with Gasteiger partial charge in [0.2, 0.25) is 5.91 Å². The molecule has 2 nitrogen and oxygen atoms in total. The molecule has 0 bridgehead atoms. The Hall–Kier alpha value is -1.02. The predicted molar refractivity (Wildman–Crippen MR) is 74.8 cm³/mol. The lowest BCUT2D eigenvalue weighted by molar-refractivity contribution is -0.122. The Balaban J connectivity index is 1.76. The lowest BCUT2D eigenvalue weighted by atomic mass is 10.1. The summed E-state index contributed by atoms with van der Waals surface area (Å²) in [5.74, 6) is 0.717. The fourth-order valence-corrected chi connectivity index (χ4v) is 2.61. The molecular formula is C15H20ClNO. The van der Waals surface area contributed by atoms with Gasteiger partial charge in [0.25, 0.3) is 0 Å². The van der Waals surface area contributed by atoms with E-state index in [9.17, 15) is 4.79 Å². The van der Waals surface area contributed by atoms with E-state index in [0.717, 1.165) is 19.3 Å². The van der Waals surface area contributed by atoms with Gasteiger partial charge >= 0.3 is 0 Å². The topological polar surface area (TPSA) is 29.1 Å². The van der Waals surface area contributed by atoms with Gasteiger partial charge in [0.15, 0.2) is 0 Å². The van der Waals surface area contributed by atoms with Crippen LogP contribution in [0.5, 0.6) is 0 Å². The molecular weight excluding hydrogens is 246 g/mol. The Bertz CT molecular complexity index is 393. The Morgan fingerprint density at radius 3 is 2.83 bits per heavy atom. The van der Waals surface area contributed by atoms with Crippen molar-refractivity contribution in [1.82, 2.24) is 5.32 Å². The number of hydrogen-bond donors (Lipinski definition) is 1. The maximum absolute atomic E-state index is 11.9. The van der Waals surface area contributed by atoms with Gasteiger partial charge in [-0.15, -0.1) is 11.6 Å². The summed E-state index contributed by atoms with van der Waals surface area (Å²) in [6.45, 7) is 2.69. The second-order valence-corrected chi connectivity index (χ2v) is 5.61. The molecule has 3 atom stereocenters. The number of carbonyl (C=O) groups excluding carboxylic acids is 1. The zero-order valence-corrected chi connectivity index (χ0v) is 11.5. The zero-order chi connectivity index (χ0) is 13.0. The van der Waals surface area contributed by atoms with Crippen LogP contribution in [-0.2, 0) is 4.79 Å². The lowest BCUT2D eigenvalue weighted by Gasteiger charge is -2.09. The lowest BCUT2D eigenvalue weighted by Crippen LogP contribution is -2.31. The Labute approximate surface area is 114 Å². The third-order valence-electron chi connectivity index (χ3n) is 3.45. The van der Waals surface area contributed by atoms with Crippen LogP contribution in [0.4, 0.5) is 0 Å². The highest BCUT2D eigenvalue weighted by atomic mass is 35.5. The summed E-state index contributed by atoms with van der Waals surface area (Å²) in [5.41, 5.74) is 1.27.